The van der Waals surface area contributed by atoms with Gasteiger partial charge in [-0.3, -0.25) is 0 Å². The highest BCUT2D eigenvalue weighted by Crippen LogP contribution is 2.38. The summed E-state index contributed by atoms with van der Waals surface area (Å²) < 4.78 is 6.01. The van der Waals surface area contributed by atoms with Crippen molar-refractivity contribution < 1.29 is 9.76 Å². The Morgan fingerprint density at radius 3 is 1.63 bits per heavy atom. The lowest BCUT2D eigenvalue weighted by atomic mass is 9.75. The number of allylic oxidation sites excluding steroid dienone is 3. The average molecular weight is 506 g/mol. The minimum atomic E-state index is -1.11. The van der Waals surface area contributed by atoms with Gasteiger partial charge in [-0.2, -0.15) is 0 Å². The van der Waals surface area contributed by atoms with E-state index in [1.165, 1.54) is 19.9 Å². The van der Waals surface area contributed by atoms with Crippen molar-refractivity contribution in [1.29, 1.82) is 5.41 Å². The van der Waals surface area contributed by atoms with Crippen molar-refractivity contribution in [3.05, 3.63) is 143 Å². The maximum absolute atomic E-state index is 10.5. The molecule has 0 aromatic heterocycles. The number of nitrogens with two attached hydrogens (primary N) is 1. The number of benzene rings is 3. The van der Waals surface area contributed by atoms with Crippen LogP contribution >= 0.6 is 0 Å². The molecule has 3 aromatic rings. The molecule has 195 valence electrons. The average Bonchev–Trinajstić information content (AvgIpc) is 2.91. The predicted octanol–water partition coefficient (Wildman–Crippen LogP) is 5.64. The first-order valence-electron chi connectivity index (χ1n) is 12.6. The van der Waals surface area contributed by atoms with Crippen LogP contribution in [0.2, 0.25) is 0 Å². The molecule has 0 fully saturated rings. The Morgan fingerprint density at radius 1 is 0.868 bits per heavy atom. The van der Waals surface area contributed by atoms with E-state index in [-0.39, 0.29) is 0 Å². The van der Waals surface area contributed by atoms with E-state index in [4.69, 9.17) is 15.8 Å². The smallest absolute Gasteiger partial charge is 0.331 e. The summed E-state index contributed by atoms with van der Waals surface area (Å²) in [6, 6.07) is 30.5. The third-order valence-corrected chi connectivity index (χ3v) is 6.97. The third-order valence-electron chi connectivity index (χ3n) is 6.97. The molecule has 38 heavy (non-hydrogen) atoms. The van der Waals surface area contributed by atoms with E-state index in [2.05, 4.69) is 48.3 Å². The summed E-state index contributed by atoms with van der Waals surface area (Å²) in [7, 11) is 1.52. The normalized spacial score (nSPS) is 13.1. The predicted molar refractivity (Wildman–Crippen MR) is 158 cm³/mol. The molecule has 0 bridgehead atoms. The standard InChI is InChI=1S/C32H37BN3O2/c1-24(28(23-35)29(21-22-34)33-38-31(4,5)30(2,3)37)36-32(25-15-9-6-10-16-25,26-17-11-7-12-18-26)27-19-13-8-14-20-27/h6-23,35-37H,1,34H2,2-5H3/b22-21-,29-28+,35-23?. The zero-order valence-corrected chi connectivity index (χ0v) is 22.6. The molecule has 0 atom stereocenters. The second-order valence-corrected chi connectivity index (χ2v) is 10.1. The molecule has 0 spiro atoms. The number of rotatable bonds is 12. The molecule has 5 nitrogen and oxygen atoms in total. The fourth-order valence-corrected chi connectivity index (χ4v) is 4.07. The second kappa shape index (κ2) is 12.1. The van der Waals surface area contributed by atoms with Gasteiger partial charge >= 0.3 is 7.48 Å². The Balaban J connectivity index is 2.17. The van der Waals surface area contributed by atoms with Crippen LogP contribution in [0, 0.1) is 5.41 Å². The number of nitrogens with one attached hydrogen (secondary N) is 2. The summed E-state index contributed by atoms with van der Waals surface area (Å²) in [4.78, 5) is 0. The van der Waals surface area contributed by atoms with Gasteiger partial charge in [-0.15, -0.1) is 0 Å². The minimum absolute atomic E-state index is 0.491. The lowest BCUT2D eigenvalue weighted by Crippen LogP contribution is -2.48. The Morgan fingerprint density at radius 2 is 1.29 bits per heavy atom. The molecule has 0 unspecified atom stereocenters. The Hall–Kier alpha value is -3.87. The highest BCUT2D eigenvalue weighted by molar-refractivity contribution is 6.41. The zero-order chi connectivity index (χ0) is 27.8. The lowest BCUT2D eigenvalue weighted by Gasteiger charge is -2.39. The highest BCUT2D eigenvalue weighted by Gasteiger charge is 2.38. The zero-order valence-electron chi connectivity index (χ0n) is 22.6. The van der Waals surface area contributed by atoms with Crippen LogP contribution in [-0.2, 0) is 10.2 Å². The van der Waals surface area contributed by atoms with Crippen LogP contribution in [0.5, 0.6) is 0 Å². The molecule has 3 aromatic carbocycles. The van der Waals surface area contributed by atoms with E-state index in [1.807, 2.05) is 54.6 Å². The molecular formula is C32H37BN3O2. The van der Waals surface area contributed by atoms with Crippen LogP contribution in [-0.4, -0.2) is 30.0 Å². The third kappa shape index (κ3) is 6.16. The molecule has 0 aliphatic carbocycles. The van der Waals surface area contributed by atoms with E-state index in [9.17, 15) is 5.11 Å². The van der Waals surface area contributed by atoms with Crippen molar-refractivity contribution >= 4 is 13.7 Å². The van der Waals surface area contributed by atoms with Crippen molar-refractivity contribution in [3.63, 3.8) is 0 Å². The van der Waals surface area contributed by atoms with Gasteiger partial charge in [-0.1, -0.05) is 97.6 Å². The van der Waals surface area contributed by atoms with Gasteiger partial charge in [0, 0.05) is 17.5 Å². The molecule has 0 aliphatic heterocycles. The summed E-state index contributed by atoms with van der Waals surface area (Å²) in [5.41, 5.74) is 7.56. The summed E-state index contributed by atoms with van der Waals surface area (Å²) in [5, 5.41) is 22.5. The molecule has 6 heteroatoms. The Kier molecular flexibility index (Phi) is 9.15. The van der Waals surface area contributed by atoms with Crippen LogP contribution in [0.4, 0.5) is 0 Å². The monoisotopic (exact) mass is 506 g/mol. The van der Waals surface area contributed by atoms with E-state index in [0.29, 0.717) is 16.7 Å². The lowest BCUT2D eigenvalue weighted by molar-refractivity contribution is -0.0896. The van der Waals surface area contributed by atoms with Crippen molar-refractivity contribution in [3.8, 4) is 0 Å². The molecule has 0 heterocycles. The van der Waals surface area contributed by atoms with Crippen LogP contribution < -0.4 is 11.1 Å². The fourth-order valence-electron chi connectivity index (χ4n) is 4.07. The summed E-state index contributed by atoms with van der Waals surface area (Å²) in [6.07, 6.45) is 4.28. The van der Waals surface area contributed by atoms with Gasteiger partial charge in [-0.25, -0.2) is 0 Å². The summed E-state index contributed by atoms with van der Waals surface area (Å²) in [5.74, 6) is 0. The summed E-state index contributed by atoms with van der Waals surface area (Å²) >= 11 is 0. The Labute approximate surface area is 227 Å². The van der Waals surface area contributed by atoms with Gasteiger partial charge in [0.1, 0.15) is 5.54 Å². The van der Waals surface area contributed by atoms with Crippen molar-refractivity contribution in [1.82, 2.24) is 5.32 Å². The maximum Gasteiger partial charge on any atom is 0.331 e. The van der Waals surface area contributed by atoms with Gasteiger partial charge in [0.05, 0.1) is 11.2 Å². The topological polar surface area (TPSA) is 91.4 Å². The molecule has 0 saturated carbocycles. The molecule has 1 radical (unpaired) electrons. The fraction of sp³-hybridized carbons (Fsp3) is 0.219. The molecular weight excluding hydrogens is 469 g/mol. The first-order valence-corrected chi connectivity index (χ1v) is 12.6. The number of hydrogen-bond acceptors (Lipinski definition) is 5. The van der Waals surface area contributed by atoms with E-state index < -0.39 is 16.7 Å². The van der Waals surface area contributed by atoms with Gasteiger partial charge in [0.15, 0.2) is 0 Å². The summed E-state index contributed by atoms with van der Waals surface area (Å²) in [6.45, 7) is 11.3. The molecule has 0 aliphatic rings. The van der Waals surface area contributed by atoms with Crippen LogP contribution in [0.3, 0.4) is 0 Å². The highest BCUT2D eigenvalue weighted by atomic mass is 16.5. The van der Waals surface area contributed by atoms with Gasteiger partial charge in [-0.05, 0) is 62.1 Å². The van der Waals surface area contributed by atoms with E-state index >= 15 is 0 Å². The van der Waals surface area contributed by atoms with Crippen molar-refractivity contribution in [2.75, 3.05) is 0 Å². The number of aliphatic hydroxyl groups is 1. The first-order chi connectivity index (χ1) is 18.1. The van der Waals surface area contributed by atoms with E-state index in [0.717, 1.165) is 16.7 Å². The van der Waals surface area contributed by atoms with Gasteiger partial charge in [0.25, 0.3) is 0 Å². The largest absolute Gasteiger partial charge is 0.427 e. The van der Waals surface area contributed by atoms with Gasteiger partial charge in [0.2, 0.25) is 0 Å². The quantitative estimate of drug-likeness (QED) is 0.111. The van der Waals surface area contributed by atoms with Gasteiger partial charge < -0.3 is 26.2 Å². The molecule has 0 saturated heterocycles. The molecule has 0 amide bonds. The first kappa shape index (κ1) is 28.7. The van der Waals surface area contributed by atoms with Crippen LogP contribution in [0.1, 0.15) is 44.4 Å². The maximum atomic E-state index is 10.5. The second-order valence-electron chi connectivity index (χ2n) is 10.1. The van der Waals surface area contributed by atoms with E-state index in [1.54, 1.807) is 33.8 Å². The molecule has 3 rings (SSSR count). The SMILES string of the molecule is C=C(NC(c1ccccc1)(c1ccccc1)c1ccccc1)/C(C=N)=C([B]OC(C)(C)C(C)(C)O)\C=C/N. The van der Waals surface area contributed by atoms with Crippen LogP contribution in [0.15, 0.2) is 127 Å². The minimum Gasteiger partial charge on any atom is -0.427 e. The molecule has 5 N–H and O–H groups in total. The number of hydrogen-bond donors (Lipinski definition) is 4. The van der Waals surface area contributed by atoms with Crippen molar-refractivity contribution in [2.24, 2.45) is 5.73 Å². The van der Waals surface area contributed by atoms with Crippen molar-refractivity contribution in [2.45, 2.75) is 44.4 Å². The van der Waals surface area contributed by atoms with Crippen LogP contribution in [0.25, 0.3) is 0 Å². The Bertz CT molecular complexity index is 1180.